The Labute approximate surface area is 325 Å². The molecule has 0 radical (unpaired) electrons. The van der Waals surface area contributed by atoms with Gasteiger partial charge in [-0.05, 0) is 96.9 Å². The van der Waals surface area contributed by atoms with E-state index in [-0.39, 0.29) is 35.7 Å². The highest BCUT2D eigenvalue weighted by atomic mass is 16.4. The summed E-state index contributed by atoms with van der Waals surface area (Å²) >= 11 is 0. The van der Waals surface area contributed by atoms with Crippen molar-refractivity contribution >= 4 is 46.1 Å². The van der Waals surface area contributed by atoms with Crippen LogP contribution in [0, 0.1) is 11.8 Å². The van der Waals surface area contributed by atoms with Gasteiger partial charge in [0.05, 0.1) is 34.2 Å². The molecule has 4 atom stereocenters. The maximum absolute atomic E-state index is 13.5. The van der Waals surface area contributed by atoms with Crippen LogP contribution in [0.2, 0.25) is 0 Å². The van der Waals surface area contributed by atoms with Crippen molar-refractivity contribution in [3.63, 3.8) is 0 Å². The van der Waals surface area contributed by atoms with Gasteiger partial charge in [0.25, 0.3) is 0 Å². The fourth-order valence-electron chi connectivity index (χ4n) is 8.29. The zero-order valence-electron chi connectivity index (χ0n) is 32.2. The Morgan fingerprint density at radius 2 is 1.02 bits per heavy atom. The summed E-state index contributed by atoms with van der Waals surface area (Å²) in [5.74, 6) is 1.27. The van der Waals surface area contributed by atoms with Crippen molar-refractivity contribution in [3.05, 3.63) is 72.3 Å². The summed E-state index contributed by atoms with van der Waals surface area (Å²) in [4.78, 5) is 70.2. The molecule has 14 nitrogen and oxygen atoms in total. The molecule has 6 N–H and O–H groups in total. The quantitative estimate of drug-likeness (QED) is 0.0753. The summed E-state index contributed by atoms with van der Waals surface area (Å²) in [6.07, 6.45) is 1.56. The standard InChI is InChI=1S/C42H50N8O6/c1-23(2)19-33(47-41(53)54)39(51)49-17-5-7-35(49)37-43-29-15-13-27(21-31(29)45-37)25-9-11-26(12-10-25)28-14-16-30-32(22-28)46-38(44-30)36-8-6-18-50(36)40(52)34(20-24(3)4)48-42(55)56/h9-16,21-24,33-36,47-48H,5-8,17-20H2,1-4H3,(H,43,45)(H,44,46)(H,53,54)(H,55,56)/t33-,34-,35-,36-/m0/s1. The van der Waals surface area contributed by atoms with Gasteiger partial charge >= 0.3 is 12.2 Å². The van der Waals surface area contributed by atoms with E-state index in [0.717, 1.165) is 70.0 Å². The number of nitrogens with zero attached hydrogens (tertiary/aromatic N) is 4. The highest BCUT2D eigenvalue weighted by Crippen LogP contribution is 2.36. The monoisotopic (exact) mass is 762 g/mol. The van der Waals surface area contributed by atoms with Crippen molar-refractivity contribution in [2.45, 2.75) is 90.4 Å². The van der Waals surface area contributed by atoms with E-state index in [1.807, 2.05) is 64.1 Å². The van der Waals surface area contributed by atoms with E-state index in [2.05, 4.69) is 44.9 Å². The van der Waals surface area contributed by atoms with Crippen LogP contribution in [-0.4, -0.2) is 89.1 Å². The molecule has 0 saturated carbocycles. The number of aromatic nitrogens is 4. The molecule has 2 aromatic heterocycles. The lowest BCUT2D eigenvalue weighted by Crippen LogP contribution is -2.48. The lowest BCUT2D eigenvalue weighted by molar-refractivity contribution is -0.135. The summed E-state index contributed by atoms with van der Waals surface area (Å²) in [5, 5.41) is 23.6. The zero-order valence-corrected chi connectivity index (χ0v) is 32.2. The Bertz CT molecular complexity index is 2090. The lowest BCUT2D eigenvalue weighted by Gasteiger charge is -2.28. The smallest absolute Gasteiger partial charge is 0.405 e. The van der Waals surface area contributed by atoms with Crippen LogP contribution in [-0.2, 0) is 9.59 Å². The number of carbonyl (C=O) groups excluding carboxylic acids is 2. The third-order valence-corrected chi connectivity index (χ3v) is 10.9. The molecule has 294 valence electrons. The highest BCUT2D eigenvalue weighted by Gasteiger charge is 2.38. The number of H-pyrrole nitrogens is 2. The number of benzene rings is 3. The number of hydrogen-bond acceptors (Lipinski definition) is 6. The molecule has 14 heteroatoms. The van der Waals surface area contributed by atoms with Crippen molar-refractivity contribution in [2.75, 3.05) is 13.1 Å². The van der Waals surface area contributed by atoms with Crippen LogP contribution in [0.3, 0.4) is 0 Å². The molecule has 0 bridgehead atoms. The number of aromatic amines is 2. The van der Waals surface area contributed by atoms with E-state index >= 15 is 0 Å². The molecule has 4 heterocycles. The minimum atomic E-state index is -1.20. The Morgan fingerprint density at radius 3 is 1.38 bits per heavy atom. The SMILES string of the molecule is CC(C)C[C@H](NC(=O)O)C(=O)N1CCC[C@H]1c1nc2cc(-c3ccc(-c4ccc5[nH]c([C@@H]6CCCN6C(=O)[C@H](CC(C)C)NC(=O)O)nc5c4)cc3)ccc2[nH]1. The summed E-state index contributed by atoms with van der Waals surface area (Å²) in [6.45, 7) is 8.98. The van der Waals surface area contributed by atoms with Gasteiger partial charge in [-0.15, -0.1) is 0 Å². The molecule has 3 aromatic carbocycles. The molecule has 56 heavy (non-hydrogen) atoms. The summed E-state index contributed by atoms with van der Waals surface area (Å²) in [5.41, 5.74) is 7.37. The largest absolute Gasteiger partial charge is 0.465 e. The molecular weight excluding hydrogens is 713 g/mol. The van der Waals surface area contributed by atoms with Crippen molar-refractivity contribution in [1.82, 2.24) is 40.4 Å². The van der Waals surface area contributed by atoms with Crippen LogP contribution in [0.15, 0.2) is 60.7 Å². The maximum Gasteiger partial charge on any atom is 0.405 e. The van der Waals surface area contributed by atoms with Crippen LogP contribution in [0.1, 0.15) is 90.0 Å². The molecular formula is C42H50N8O6. The molecule has 2 aliphatic heterocycles. The predicted octanol–water partition coefficient (Wildman–Crippen LogP) is 7.46. The Balaban J connectivity index is 1.06. The van der Waals surface area contributed by atoms with Gasteiger partial charge in [0, 0.05) is 13.1 Å². The topological polar surface area (TPSA) is 197 Å². The summed E-state index contributed by atoms with van der Waals surface area (Å²) in [7, 11) is 0. The Hall–Kier alpha value is -5.92. The molecule has 2 fully saturated rings. The zero-order chi connectivity index (χ0) is 39.7. The highest BCUT2D eigenvalue weighted by molar-refractivity contribution is 5.88. The predicted molar refractivity (Wildman–Crippen MR) is 213 cm³/mol. The fraction of sp³-hybridized carbons (Fsp3) is 0.429. The molecule has 5 aromatic rings. The maximum atomic E-state index is 13.5. The van der Waals surface area contributed by atoms with Crippen LogP contribution in [0.4, 0.5) is 9.59 Å². The van der Waals surface area contributed by atoms with Crippen molar-refractivity contribution < 1.29 is 29.4 Å². The molecule has 2 aliphatic rings. The fourth-order valence-corrected chi connectivity index (χ4v) is 8.29. The van der Waals surface area contributed by atoms with Gasteiger partial charge in [-0.3, -0.25) is 9.59 Å². The molecule has 0 spiro atoms. The van der Waals surface area contributed by atoms with Crippen LogP contribution in [0.5, 0.6) is 0 Å². The second kappa shape index (κ2) is 16.0. The van der Waals surface area contributed by atoms with Crippen molar-refractivity contribution in [1.29, 1.82) is 0 Å². The molecule has 0 unspecified atom stereocenters. The van der Waals surface area contributed by atoms with Gasteiger partial charge in [0.1, 0.15) is 23.7 Å². The third-order valence-electron chi connectivity index (χ3n) is 10.9. The number of carboxylic acid groups (broad SMARTS) is 2. The van der Waals surface area contributed by atoms with E-state index in [1.54, 1.807) is 9.80 Å². The molecule has 0 aliphatic carbocycles. The van der Waals surface area contributed by atoms with E-state index < -0.39 is 24.3 Å². The van der Waals surface area contributed by atoms with E-state index in [4.69, 9.17) is 9.97 Å². The molecule has 7 rings (SSSR count). The van der Waals surface area contributed by atoms with Crippen LogP contribution < -0.4 is 10.6 Å². The lowest BCUT2D eigenvalue weighted by atomic mass is 10.00. The minimum Gasteiger partial charge on any atom is -0.465 e. The number of imidazole rings is 2. The first-order chi connectivity index (χ1) is 26.8. The first-order valence-electron chi connectivity index (χ1n) is 19.5. The number of likely N-dealkylation sites (tertiary alicyclic amines) is 2. The van der Waals surface area contributed by atoms with E-state index in [9.17, 15) is 29.4 Å². The van der Waals surface area contributed by atoms with Crippen LogP contribution in [0.25, 0.3) is 44.3 Å². The van der Waals surface area contributed by atoms with Crippen LogP contribution >= 0.6 is 0 Å². The molecule has 2 saturated heterocycles. The van der Waals surface area contributed by atoms with Gasteiger partial charge < -0.3 is 40.6 Å². The number of carbonyl (C=O) groups is 4. The normalized spacial score (nSPS) is 18.2. The number of rotatable bonds is 12. The van der Waals surface area contributed by atoms with Gasteiger partial charge in [-0.2, -0.15) is 0 Å². The average molecular weight is 763 g/mol. The average Bonchev–Trinajstić information content (AvgIpc) is 3.98. The number of nitrogens with one attached hydrogen (secondary N) is 4. The first kappa shape index (κ1) is 38.4. The first-order valence-corrected chi connectivity index (χ1v) is 19.5. The van der Waals surface area contributed by atoms with Crippen molar-refractivity contribution in [3.8, 4) is 22.3 Å². The van der Waals surface area contributed by atoms with E-state index in [0.29, 0.717) is 37.6 Å². The summed E-state index contributed by atoms with van der Waals surface area (Å²) in [6, 6.07) is 18.4. The van der Waals surface area contributed by atoms with Gasteiger partial charge in [0.2, 0.25) is 11.8 Å². The van der Waals surface area contributed by atoms with Crippen molar-refractivity contribution in [2.24, 2.45) is 11.8 Å². The van der Waals surface area contributed by atoms with Gasteiger partial charge in [-0.25, -0.2) is 19.6 Å². The minimum absolute atomic E-state index is 0.150. The number of fused-ring (bicyclic) bond motifs is 2. The Morgan fingerprint density at radius 1 is 0.643 bits per heavy atom. The number of hydrogen-bond donors (Lipinski definition) is 6. The summed E-state index contributed by atoms with van der Waals surface area (Å²) < 4.78 is 0. The molecule has 4 amide bonds. The second-order valence-corrected chi connectivity index (χ2v) is 15.9. The van der Waals surface area contributed by atoms with E-state index in [1.165, 1.54) is 0 Å². The number of amides is 4. The van der Waals surface area contributed by atoms with Gasteiger partial charge in [-0.1, -0.05) is 64.1 Å². The third kappa shape index (κ3) is 8.19. The Kier molecular flexibility index (Phi) is 11.0. The second-order valence-electron chi connectivity index (χ2n) is 15.9. The van der Waals surface area contributed by atoms with Gasteiger partial charge in [0.15, 0.2) is 0 Å².